The maximum Gasteiger partial charge on any atom is 0.404 e. The molecule has 0 aliphatic carbocycles. The average molecular weight is 417 g/mol. The molecule has 1 aromatic carbocycles. The van der Waals surface area contributed by atoms with E-state index in [1.54, 1.807) is 17.4 Å². The Bertz CT molecular complexity index is 748. The highest BCUT2D eigenvalue weighted by atomic mass is 79.9. The summed E-state index contributed by atoms with van der Waals surface area (Å²) in [6, 6.07) is 3.64. The Morgan fingerprint density at radius 1 is 1.54 bits per heavy atom. The minimum atomic E-state index is -1.21. The molecule has 1 amide bonds. The minimum Gasteiger partial charge on any atom is -0.488 e. The van der Waals surface area contributed by atoms with Crippen LogP contribution in [0.15, 0.2) is 28.5 Å². The Morgan fingerprint density at radius 2 is 2.33 bits per heavy atom. The second-order valence-corrected chi connectivity index (χ2v) is 7.03. The van der Waals surface area contributed by atoms with Gasteiger partial charge in [-0.25, -0.2) is 14.2 Å². The minimum absolute atomic E-state index is 0.0393. The fraction of sp³-hybridized carbons (Fsp3) is 0.375. The Hall–Kier alpha value is -1.67. The lowest BCUT2D eigenvalue weighted by Gasteiger charge is -2.10. The molecular weight excluding hydrogens is 399 g/mol. The lowest BCUT2D eigenvalue weighted by molar-refractivity contribution is 0.195. The van der Waals surface area contributed by atoms with Crippen LogP contribution in [-0.4, -0.2) is 29.3 Å². The van der Waals surface area contributed by atoms with E-state index in [0.717, 1.165) is 39.0 Å². The van der Waals surface area contributed by atoms with Crippen LogP contribution in [0.1, 0.15) is 24.8 Å². The second kappa shape index (κ2) is 8.98. The third-order valence-corrected chi connectivity index (χ3v) is 5.48. The molecule has 130 valence electrons. The van der Waals surface area contributed by atoms with Gasteiger partial charge < -0.3 is 15.2 Å². The van der Waals surface area contributed by atoms with Crippen LogP contribution in [0.5, 0.6) is 5.75 Å². The van der Waals surface area contributed by atoms with Gasteiger partial charge in [-0.1, -0.05) is 13.3 Å². The van der Waals surface area contributed by atoms with Gasteiger partial charge in [-0.15, -0.1) is 11.3 Å². The molecule has 1 heterocycles. The third kappa shape index (κ3) is 4.91. The summed E-state index contributed by atoms with van der Waals surface area (Å²) in [5.74, 6) is 0.572. The van der Waals surface area contributed by atoms with Crippen molar-refractivity contribution in [3.8, 4) is 5.75 Å². The maximum absolute atomic E-state index is 12.8. The quantitative estimate of drug-likeness (QED) is 0.641. The molecule has 0 unspecified atom stereocenters. The number of hydrogen-bond donors (Lipinski definition) is 2. The lowest BCUT2D eigenvalue weighted by Crippen LogP contribution is -2.25. The average Bonchev–Trinajstić information content (AvgIpc) is 2.98. The van der Waals surface area contributed by atoms with Gasteiger partial charge in [0.25, 0.3) is 0 Å². The number of aryl methyl sites for hydroxylation is 1. The third-order valence-electron chi connectivity index (χ3n) is 3.28. The van der Waals surface area contributed by atoms with E-state index in [4.69, 9.17) is 9.84 Å². The van der Waals surface area contributed by atoms with E-state index >= 15 is 0 Å². The summed E-state index contributed by atoms with van der Waals surface area (Å²) in [5.41, 5.74) is 1.11. The zero-order valence-corrected chi connectivity index (χ0v) is 15.5. The van der Waals surface area contributed by atoms with Gasteiger partial charge >= 0.3 is 6.09 Å². The van der Waals surface area contributed by atoms with Gasteiger partial charge in [0.15, 0.2) is 0 Å². The van der Waals surface area contributed by atoms with Crippen LogP contribution < -0.4 is 10.1 Å². The number of carbonyl (C=O) groups is 1. The van der Waals surface area contributed by atoms with E-state index in [1.165, 1.54) is 0 Å². The van der Waals surface area contributed by atoms with Crippen molar-refractivity contribution in [3.05, 3.63) is 33.5 Å². The molecule has 0 saturated carbocycles. The van der Waals surface area contributed by atoms with Crippen LogP contribution in [-0.2, 0) is 6.42 Å². The summed E-state index contributed by atoms with van der Waals surface area (Å²) in [4.78, 5) is 15.1. The standard InChI is InChI=1S/C16H18BrFN2O3S/c1-2-3-4-13-20-11-5-6-12(14(17)15(11)24-13)23-9-10(7-18)8-19-16(21)22/h5-7,19H,2-4,8-9H2,1H3,(H,21,22). The molecule has 0 spiro atoms. The first-order chi connectivity index (χ1) is 11.5. The summed E-state index contributed by atoms with van der Waals surface area (Å²) >= 11 is 5.14. The van der Waals surface area contributed by atoms with Crippen molar-refractivity contribution in [3.63, 3.8) is 0 Å². The van der Waals surface area contributed by atoms with Crippen LogP contribution in [0.3, 0.4) is 0 Å². The SMILES string of the molecule is CCCCc1nc2ccc(OCC(=CF)CNC(=O)O)c(Br)c2s1. The summed E-state index contributed by atoms with van der Waals surface area (Å²) in [6.07, 6.45) is 2.32. The molecule has 2 aromatic rings. The monoisotopic (exact) mass is 416 g/mol. The van der Waals surface area contributed by atoms with Crippen LogP contribution in [0.25, 0.3) is 10.2 Å². The van der Waals surface area contributed by atoms with Crippen LogP contribution >= 0.6 is 27.3 Å². The molecule has 2 rings (SSSR count). The van der Waals surface area contributed by atoms with E-state index in [2.05, 4.69) is 33.2 Å². The van der Waals surface area contributed by atoms with Crippen molar-refractivity contribution in [1.29, 1.82) is 0 Å². The van der Waals surface area contributed by atoms with Crippen molar-refractivity contribution in [1.82, 2.24) is 10.3 Å². The molecule has 1 aromatic heterocycles. The van der Waals surface area contributed by atoms with E-state index < -0.39 is 6.09 Å². The van der Waals surface area contributed by atoms with E-state index in [0.29, 0.717) is 12.1 Å². The smallest absolute Gasteiger partial charge is 0.404 e. The fourth-order valence-corrected chi connectivity index (χ4v) is 3.74. The number of hydrogen-bond acceptors (Lipinski definition) is 4. The Kier molecular flexibility index (Phi) is 6.99. The predicted molar refractivity (Wildman–Crippen MR) is 96.6 cm³/mol. The lowest BCUT2D eigenvalue weighted by atomic mass is 10.2. The van der Waals surface area contributed by atoms with E-state index in [1.807, 2.05) is 6.07 Å². The number of fused-ring (bicyclic) bond motifs is 1. The number of amides is 1. The molecule has 2 N–H and O–H groups in total. The first-order valence-corrected chi connectivity index (χ1v) is 9.11. The number of rotatable bonds is 8. The molecular formula is C16H18BrFN2O3S. The number of ether oxygens (including phenoxy) is 1. The van der Waals surface area contributed by atoms with Gasteiger partial charge in [0.1, 0.15) is 12.4 Å². The normalized spacial score (nSPS) is 11.7. The molecule has 8 heteroatoms. The van der Waals surface area contributed by atoms with Crippen LogP contribution in [0.4, 0.5) is 9.18 Å². The van der Waals surface area contributed by atoms with Crippen LogP contribution in [0, 0.1) is 0 Å². The molecule has 0 atom stereocenters. The molecule has 24 heavy (non-hydrogen) atoms. The second-order valence-electron chi connectivity index (χ2n) is 5.15. The number of benzene rings is 1. The summed E-state index contributed by atoms with van der Waals surface area (Å²) < 4.78 is 20.2. The molecule has 0 saturated heterocycles. The predicted octanol–water partition coefficient (Wildman–Crippen LogP) is 4.90. The van der Waals surface area contributed by atoms with E-state index in [-0.39, 0.29) is 18.7 Å². The number of nitrogens with one attached hydrogen (secondary N) is 1. The Labute approximate surface area is 151 Å². The van der Waals surface area contributed by atoms with Gasteiger partial charge in [-0.3, -0.25) is 0 Å². The fourth-order valence-electron chi connectivity index (χ4n) is 2.02. The van der Waals surface area contributed by atoms with Gasteiger partial charge in [0, 0.05) is 12.1 Å². The number of halogens is 2. The number of nitrogens with zero attached hydrogens (tertiary/aromatic N) is 1. The largest absolute Gasteiger partial charge is 0.488 e. The zero-order chi connectivity index (χ0) is 17.5. The number of aromatic nitrogens is 1. The van der Waals surface area contributed by atoms with Gasteiger partial charge in [-0.05, 0) is 40.9 Å². The summed E-state index contributed by atoms with van der Waals surface area (Å²) in [5, 5.41) is 11.7. The van der Waals surface area contributed by atoms with Crippen molar-refractivity contribution in [2.75, 3.05) is 13.2 Å². The molecule has 0 aliphatic rings. The highest BCUT2D eigenvalue weighted by molar-refractivity contribution is 9.10. The molecule has 0 radical (unpaired) electrons. The Balaban J connectivity index is 2.09. The first kappa shape index (κ1) is 18.7. The summed E-state index contributed by atoms with van der Waals surface area (Å²) in [6.45, 7) is 1.99. The van der Waals surface area contributed by atoms with Crippen molar-refractivity contribution in [2.24, 2.45) is 0 Å². The highest BCUT2D eigenvalue weighted by Gasteiger charge is 2.12. The van der Waals surface area contributed by atoms with Gasteiger partial charge in [0.05, 0.1) is 26.0 Å². The van der Waals surface area contributed by atoms with Gasteiger partial charge in [-0.2, -0.15) is 0 Å². The van der Waals surface area contributed by atoms with Crippen molar-refractivity contribution < 1.29 is 19.0 Å². The van der Waals surface area contributed by atoms with Gasteiger partial charge in [0.2, 0.25) is 0 Å². The number of thiazole rings is 1. The maximum atomic E-state index is 12.8. The molecule has 0 aliphatic heterocycles. The summed E-state index contributed by atoms with van der Waals surface area (Å²) in [7, 11) is 0. The molecule has 5 nitrogen and oxygen atoms in total. The van der Waals surface area contributed by atoms with Crippen molar-refractivity contribution >= 4 is 43.6 Å². The zero-order valence-electron chi connectivity index (χ0n) is 13.1. The molecule has 0 bridgehead atoms. The highest BCUT2D eigenvalue weighted by Crippen LogP contribution is 2.37. The number of unbranched alkanes of at least 4 members (excludes halogenated alkanes) is 1. The van der Waals surface area contributed by atoms with Crippen molar-refractivity contribution in [2.45, 2.75) is 26.2 Å². The first-order valence-electron chi connectivity index (χ1n) is 7.50. The van der Waals surface area contributed by atoms with Crippen LogP contribution in [0.2, 0.25) is 0 Å². The topological polar surface area (TPSA) is 71.5 Å². The molecule has 0 fully saturated rings. The Morgan fingerprint density at radius 3 is 3.00 bits per heavy atom. The van der Waals surface area contributed by atoms with E-state index in [9.17, 15) is 9.18 Å². The number of carboxylic acid groups (broad SMARTS) is 1.